The van der Waals surface area contributed by atoms with E-state index in [0.717, 1.165) is 10.6 Å². The molecule has 1 saturated heterocycles. The van der Waals surface area contributed by atoms with Crippen LogP contribution in [0.2, 0.25) is 0 Å². The van der Waals surface area contributed by atoms with Crippen LogP contribution in [-0.4, -0.2) is 22.0 Å². The standard InChI is InChI=1S/C15H13NO2S/c1-10-16(15(18)11-5-3-2-4-6-11)13-8-7-12(17)9-14(13)19-10/h2-6,8-10H,7H2,1H3. The van der Waals surface area contributed by atoms with Crippen molar-refractivity contribution in [3.8, 4) is 0 Å². The first kappa shape index (κ1) is 12.2. The van der Waals surface area contributed by atoms with Crippen LogP contribution in [0.1, 0.15) is 23.7 Å². The minimum Gasteiger partial charge on any atom is -0.295 e. The molecule has 1 aromatic rings. The van der Waals surface area contributed by atoms with Gasteiger partial charge in [-0.1, -0.05) is 36.0 Å². The molecule has 2 aliphatic rings. The van der Waals surface area contributed by atoms with E-state index in [-0.39, 0.29) is 17.1 Å². The zero-order chi connectivity index (χ0) is 13.4. The second kappa shape index (κ2) is 4.70. The molecule has 1 aliphatic heterocycles. The molecule has 1 fully saturated rings. The Morgan fingerprint density at radius 3 is 2.79 bits per heavy atom. The highest BCUT2D eigenvalue weighted by atomic mass is 32.2. The topological polar surface area (TPSA) is 37.4 Å². The molecule has 0 saturated carbocycles. The van der Waals surface area contributed by atoms with Gasteiger partial charge in [0, 0.05) is 16.9 Å². The van der Waals surface area contributed by atoms with Gasteiger partial charge in [-0.2, -0.15) is 0 Å². The number of hydrogen-bond donors (Lipinski definition) is 0. The van der Waals surface area contributed by atoms with E-state index in [0.29, 0.717) is 12.0 Å². The lowest BCUT2D eigenvalue weighted by molar-refractivity contribution is -0.114. The van der Waals surface area contributed by atoms with E-state index in [1.54, 1.807) is 22.7 Å². The summed E-state index contributed by atoms with van der Waals surface area (Å²) in [5, 5.41) is 0.0242. The number of benzene rings is 1. The average Bonchev–Trinajstić information content (AvgIpc) is 2.74. The second-order valence-electron chi connectivity index (χ2n) is 4.53. The number of amides is 1. The van der Waals surface area contributed by atoms with Crippen LogP contribution in [0.25, 0.3) is 0 Å². The Labute approximate surface area is 116 Å². The fourth-order valence-electron chi connectivity index (χ4n) is 2.32. The molecular weight excluding hydrogens is 258 g/mol. The third-order valence-electron chi connectivity index (χ3n) is 3.20. The molecule has 0 radical (unpaired) electrons. The Hall–Kier alpha value is -1.81. The number of thioether (sulfide) groups is 1. The lowest BCUT2D eigenvalue weighted by Gasteiger charge is -2.22. The van der Waals surface area contributed by atoms with Gasteiger partial charge in [-0.15, -0.1) is 0 Å². The van der Waals surface area contributed by atoms with E-state index in [9.17, 15) is 9.59 Å². The fraction of sp³-hybridized carbons (Fsp3) is 0.200. The molecule has 0 aromatic heterocycles. The van der Waals surface area contributed by atoms with Crippen molar-refractivity contribution < 1.29 is 9.59 Å². The molecule has 3 rings (SSSR count). The molecule has 4 heteroatoms. The molecule has 1 unspecified atom stereocenters. The van der Waals surface area contributed by atoms with Crippen LogP contribution in [0.5, 0.6) is 0 Å². The van der Waals surface area contributed by atoms with E-state index in [2.05, 4.69) is 0 Å². The lowest BCUT2D eigenvalue weighted by Crippen LogP contribution is -2.32. The predicted octanol–water partition coefficient (Wildman–Crippen LogP) is 2.96. The molecule has 0 N–H and O–H groups in total. The highest BCUT2D eigenvalue weighted by molar-refractivity contribution is 8.04. The van der Waals surface area contributed by atoms with Crippen molar-refractivity contribution in [2.75, 3.05) is 0 Å². The first-order chi connectivity index (χ1) is 9.16. The maximum absolute atomic E-state index is 12.6. The van der Waals surface area contributed by atoms with Crippen molar-refractivity contribution in [3.05, 3.63) is 58.6 Å². The Morgan fingerprint density at radius 2 is 2.05 bits per heavy atom. The highest BCUT2D eigenvalue weighted by Gasteiger charge is 2.36. The Morgan fingerprint density at radius 1 is 1.32 bits per heavy atom. The molecule has 1 aromatic carbocycles. The van der Waals surface area contributed by atoms with Gasteiger partial charge < -0.3 is 0 Å². The number of nitrogens with zero attached hydrogens (tertiary/aromatic N) is 1. The van der Waals surface area contributed by atoms with Crippen molar-refractivity contribution >= 4 is 23.5 Å². The van der Waals surface area contributed by atoms with Gasteiger partial charge in [0.2, 0.25) is 0 Å². The first-order valence-electron chi connectivity index (χ1n) is 6.17. The molecule has 96 valence electrons. The van der Waals surface area contributed by atoms with Crippen LogP contribution in [0.15, 0.2) is 53.1 Å². The summed E-state index contributed by atoms with van der Waals surface area (Å²) in [5.41, 5.74) is 1.56. The van der Waals surface area contributed by atoms with Gasteiger partial charge in [-0.3, -0.25) is 14.5 Å². The normalized spacial score (nSPS) is 21.8. The van der Waals surface area contributed by atoms with Crippen molar-refractivity contribution in [2.24, 2.45) is 0 Å². The van der Waals surface area contributed by atoms with E-state index in [4.69, 9.17) is 0 Å². The fourth-order valence-corrected chi connectivity index (χ4v) is 3.50. The zero-order valence-corrected chi connectivity index (χ0v) is 11.3. The Bertz CT molecular complexity index is 604. The predicted molar refractivity (Wildman–Crippen MR) is 75.5 cm³/mol. The summed E-state index contributed by atoms with van der Waals surface area (Å²) in [6, 6.07) is 9.24. The number of carbonyl (C=O) groups excluding carboxylic acids is 2. The third-order valence-corrected chi connectivity index (χ3v) is 4.33. The molecule has 1 aliphatic carbocycles. The highest BCUT2D eigenvalue weighted by Crippen LogP contribution is 2.43. The summed E-state index contributed by atoms with van der Waals surface area (Å²) >= 11 is 1.56. The van der Waals surface area contributed by atoms with Crippen molar-refractivity contribution in [1.82, 2.24) is 4.90 Å². The molecule has 0 spiro atoms. The monoisotopic (exact) mass is 271 g/mol. The van der Waals surface area contributed by atoms with Gasteiger partial charge in [-0.25, -0.2) is 0 Å². The van der Waals surface area contributed by atoms with E-state index >= 15 is 0 Å². The van der Waals surface area contributed by atoms with E-state index < -0.39 is 0 Å². The SMILES string of the molecule is CC1SC2=CC(=O)CC=C2N1C(=O)c1ccccc1. The van der Waals surface area contributed by atoms with E-state index in [1.165, 1.54) is 0 Å². The van der Waals surface area contributed by atoms with Gasteiger partial charge in [0.1, 0.15) is 0 Å². The quantitative estimate of drug-likeness (QED) is 0.788. The van der Waals surface area contributed by atoms with Crippen molar-refractivity contribution in [3.63, 3.8) is 0 Å². The minimum absolute atomic E-state index is 0.00963. The van der Waals surface area contributed by atoms with Crippen molar-refractivity contribution in [1.29, 1.82) is 0 Å². The van der Waals surface area contributed by atoms with Crippen LogP contribution in [-0.2, 0) is 4.79 Å². The van der Waals surface area contributed by atoms with Crippen LogP contribution in [0.4, 0.5) is 0 Å². The Balaban J connectivity index is 1.96. The van der Waals surface area contributed by atoms with Crippen molar-refractivity contribution in [2.45, 2.75) is 18.7 Å². The lowest BCUT2D eigenvalue weighted by atomic mass is 10.1. The summed E-state index contributed by atoms with van der Waals surface area (Å²) < 4.78 is 0. The summed E-state index contributed by atoms with van der Waals surface area (Å²) in [6.45, 7) is 1.98. The summed E-state index contributed by atoms with van der Waals surface area (Å²) in [6.07, 6.45) is 3.88. The summed E-state index contributed by atoms with van der Waals surface area (Å²) in [5.74, 6) is 0.0945. The van der Waals surface area contributed by atoms with Gasteiger partial charge in [0.05, 0.1) is 11.1 Å². The van der Waals surface area contributed by atoms with Gasteiger partial charge in [0.15, 0.2) is 5.78 Å². The van der Waals surface area contributed by atoms with Gasteiger partial charge >= 0.3 is 0 Å². The third kappa shape index (κ3) is 2.12. The van der Waals surface area contributed by atoms with Crippen LogP contribution in [0.3, 0.4) is 0 Å². The average molecular weight is 271 g/mol. The molecule has 1 heterocycles. The molecule has 19 heavy (non-hydrogen) atoms. The number of hydrogen-bond acceptors (Lipinski definition) is 3. The van der Waals surface area contributed by atoms with Crippen LogP contribution in [0, 0.1) is 0 Å². The number of fused-ring (bicyclic) bond motifs is 1. The largest absolute Gasteiger partial charge is 0.295 e. The molecule has 1 amide bonds. The van der Waals surface area contributed by atoms with Crippen LogP contribution >= 0.6 is 11.8 Å². The van der Waals surface area contributed by atoms with Gasteiger partial charge in [0.25, 0.3) is 5.91 Å². The second-order valence-corrected chi connectivity index (χ2v) is 5.88. The molecule has 0 bridgehead atoms. The number of ketones is 1. The smallest absolute Gasteiger partial charge is 0.259 e. The maximum atomic E-state index is 12.6. The molecule has 1 atom stereocenters. The number of allylic oxidation sites excluding steroid dienone is 2. The molecular formula is C15H13NO2S. The van der Waals surface area contributed by atoms with Gasteiger partial charge in [-0.05, 0) is 25.1 Å². The molecule has 3 nitrogen and oxygen atoms in total. The summed E-state index contributed by atoms with van der Waals surface area (Å²) in [7, 11) is 0. The number of carbonyl (C=O) groups is 2. The zero-order valence-electron chi connectivity index (χ0n) is 10.5. The number of rotatable bonds is 1. The first-order valence-corrected chi connectivity index (χ1v) is 7.05. The maximum Gasteiger partial charge on any atom is 0.259 e. The Kier molecular flexibility index (Phi) is 3.03. The summed E-state index contributed by atoms with van der Waals surface area (Å²) in [4.78, 5) is 26.7. The van der Waals surface area contributed by atoms with E-state index in [1.807, 2.05) is 43.3 Å². The van der Waals surface area contributed by atoms with Crippen LogP contribution < -0.4 is 0 Å². The minimum atomic E-state index is -0.00963.